The molecule has 1 aromatic rings. The van der Waals surface area contributed by atoms with Crippen LogP contribution in [0.15, 0.2) is 23.1 Å². The van der Waals surface area contributed by atoms with Gasteiger partial charge in [0.2, 0.25) is 15.9 Å². The lowest BCUT2D eigenvalue weighted by molar-refractivity contribution is -0.126. The van der Waals surface area contributed by atoms with Crippen LogP contribution in [0, 0.1) is 5.92 Å². The summed E-state index contributed by atoms with van der Waals surface area (Å²) in [7, 11) is -3.74. The molecule has 0 bridgehead atoms. The Morgan fingerprint density at radius 3 is 2.73 bits per heavy atom. The predicted octanol–water partition coefficient (Wildman–Crippen LogP) is 2.36. The molecule has 0 radical (unpaired) electrons. The topological polar surface area (TPSA) is 92.5 Å². The van der Waals surface area contributed by atoms with Gasteiger partial charge in [-0.1, -0.05) is 31.5 Å². The lowest BCUT2D eigenvalue weighted by atomic mass is 9.99. The number of rotatable bonds is 6. The maximum atomic E-state index is 13.1. The van der Waals surface area contributed by atoms with Crippen LogP contribution in [0.1, 0.15) is 38.2 Å². The standard InChI is InChI=1S/C17H26ClN3O3S.ClH/c1-12(2)13-5-6-15(18)16(10-13)25(23,24)21-9-3-4-14(11-21)17(22)20-8-7-19;/h5-6,10,12,14H,3-4,7-9,11,19H2,1-2H3,(H,20,22);1H. The van der Waals surface area contributed by atoms with E-state index in [1.807, 2.05) is 19.9 Å². The Bertz CT molecular complexity index is 726. The van der Waals surface area contributed by atoms with Crippen LogP contribution in [0.5, 0.6) is 0 Å². The highest BCUT2D eigenvalue weighted by Crippen LogP contribution is 2.31. The molecule has 26 heavy (non-hydrogen) atoms. The van der Waals surface area contributed by atoms with Crippen LogP contribution < -0.4 is 11.1 Å². The highest BCUT2D eigenvalue weighted by atomic mass is 35.5. The van der Waals surface area contributed by atoms with Crippen molar-refractivity contribution in [3.8, 4) is 0 Å². The Hall–Kier alpha value is -0.860. The highest BCUT2D eigenvalue weighted by Gasteiger charge is 2.34. The molecule has 6 nitrogen and oxygen atoms in total. The fourth-order valence-corrected chi connectivity index (χ4v) is 4.96. The zero-order valence-electron chi connectivity index (χ0n) is 15.1. The van der Waals surface area contributed by atoms with Gasteiger partial charge >= 0.3 is 0 Å². The first-order valence-corrected chi connectivity index (χ1v) is 10.4. The second kappa shape index (κ2) is 9.90. The van der Waals surface area contributed by atoms with Gasteiger partial charge in [0.15, 0.2) is 0 Å². The van der Waals surface area contributed by atoms with E-state index in [1.165, 1.54) is 4.31 Å². The first kappa shape index (κ1) is 23.2. The predicted molar refractivity (Wildman–Crippen MR) is 106 cm³/mol. The van der Waals surface area contributed by atoms with Crippen LogP contribution in [-0.4, -0.2) is 44.8 Å². The Morgan fingerprint density at radius 1 is 1.42 bits per heavy atom. The molecule has 1 aliphatic heterocycles. The molecule has 0 spiro atoms. The average molecular weight is 424 g/mol. The summed E-state index contributed by atoms with van der Waals surface area (Å²) in [6, 6.07) is 5.10. The molecule has 148 valence electrons. The van der Waals surface area contributed by atoms with Crippen molar-refractivity contribution in [3.63, 3.8) is 0 Å². The Kier molecular flexibility index (Phi) is 8.82. The van der Waals surface area contributed by atoms with Crippen molar-refractivity contribution in [2.24, 2.45) is 11.7 Å². The SMILES string of the molecule is CC(C)c1ccc(Cl)c(S(=O)(=O)N2CCCC(C(=O)NCCN)C2)c1.Cl. The minimum absolute atomic E-state index is 0. The highest BCUT2D eigenvalue weighted by molar-refractivity contribution is 7.89. The molecule has 2 rings (SSSR count). The molecule has 0 saturated carbocycles. The van der Waals surface area contributed by atoms with Gasteiger partial charge in [-0.2, -0.15) is 4.31 Å². The number of benzene rings is 1. The summed E-state index contributed by atoms with van der Waals surface area (Å²) in [5, 5.41) is 2.95. The Labute approximate surface area is 166 Å². The van der Waals surface area contributed by atoms with Crippen LogP contribution in [0.2, 0.25) is 5.02 Å². The van der Waals surface area contributed by atoms with Crippen molar-refractivity contribution in [3.05, 3.63) is 28.8 Å². The van der Waals surface area contributed by atoms with Crippen LogP contribution in [0.25, 0.3) is 0 Å². The van der Waals surface area contributed by atoms with E-state index in [9.17, 15) is 13.2 Å². The van der Waals surface area contributed by atoms with Crippen LogP contribution in [0.3, 0.4) is 0 Å². The van der Waals surface area contributed by atoms with Crippen molar-refractivity contribution in [2.75, 3.05) is 26.2 Å². The minimum atomic E-state index is -3.74. The largest absolute Gasteiger partial charge is 0.355 e. The number of nitrogens with two attached hydrogens (primary N) is 1. The van der Waals surface area contributed by atoms with Gasteiger partial charge in [-0.25, -0.2) is 8.42 Å². The van der Waals surface area contributed by atoms with E-state index in [1.54, 1.807) is 12.1 Å². The summed E-state index contributed by atoms with van der Waals surface area (Å²) >= 11 is 6.17. The molecule has 1 saturated heterocycles. The number of hydrogen-bond donors (Lipinski definition) is 2. The third-order valence-electron chi connectivity index (χ3n) is 4.44. The van der Waals surface area contributed by atoms with Crippen LogP contribution >= 0.6 is 24.0 Å². The molecule has 1 heterocycles. The van der Waals surface area contributed by atoms with Gasteiger partial charge in [-0.05, 0) is 36.5 Å². The molecule has 3 N–H and O–H groups in total. The summed E-state index contributed by atoms with van der Waals surface area (Å²) in [4.78, 5) is 12.3. The Balaban J connectivity index is 0.00000338. The fraction of sp³-hybridized carbons (Fsp3) is 0.588. The van der Waals surface area contributed by atoms with E-state index in [0.717, 1.165) is 5.56 Å². The lowest BCUT2D eigenvalue weighted by Gasteiger charge is -2.31. The summed E-state index contributed by atoms with van der Waals surface area (Å²) < 4.78 is 27.5. The minimum Gasteiger partial charge on any atom is -0.355 e. The molecule has 1 amide bonds. The molecule has 0 aliphatic carbocycles. The van der Waals surface area contributed by atoms with Gasteiger partial charge in [0.1, 0.15) is 4.90 Å². The quantitative estimate of drug-likeness (QED) is 0.733. The molecular weight excluding hydrogens is 397 g/mol. The number of nitrogens with zero attached hydrogens (tertiary/aromatic N) is 1. The summed E-state index contributed by atoms with van der Waals surface area (Å²) in [5.74, 6) is -0.308. The van der Waals surface area contributed by atoms with Crippen molar-refractivity contribution in [1.82, 2.24) is 9.62 Å². The van der Waals surface area contributed by atoms with Crippen LogP contribution in [0.4, 0.5) is 0 Å². The summed E-state index contributed by atoms with van der Waals surface area (Å²) in [6.07, 6.45) is 1.31. The van der Waals surface area contributed by atoms with Crippen molar-refractivity contribution < 1.29 is 13.2 Å². The number of carbonyl (C=O) groups is 1. The van der Waals surface area contributed by atoms with E-state index in [0.29, 0.717) is 32.5 Å². The normalized spacial score (nSPS) is 18.4. The van der Waals surface area contributed by atoms with Gasteiger partial charge in [-0.3, -0.25) is 4.79 Å². The van der Waals surface area contributed by atoms with Gasteiger partial charge in [0, 0.05) is 26.2 Å². The number of piperidine rings is 1. The van der Waals surface area contributed by atoms with E-state index < -0.39 is 10.0 Å². The van der Waals surface area contributed by atoms with Gasteiger partial charge in [-0.15, -0.1) is 12.4 Å². The summed E-state index contributed by atoms with van der Waals surface area (Å²) in [6.45, 7) is 5.31. The van der Waals surface area contributed by atoms with Crippen molar-refractivity contribution in [2.45, 2.75) is 37.5 Å². The molecule has 1 aliphatic rings. The fourth-order valence-electron chi connectivity index (χ4n) is 2.93. The van der Waals surface area contributed by atoms with Gasteiger partial charge in [0.25, 0.3) is 0 Å². The molecule has 0 aromatic heterocycles. The number of halogens is 2. The molecule has 1 atom stereocenters. The number of sulfonamides is 1. The van der Waals surface area contributed by atoms with Crippen LogP contribution in [-0.2, 0) is 14.8 Å². The number of nitrogens with one attached hydrogen (secondary N) is 1. The molecular formula is C17H27Cl2N3O3S. The number of carbonyl (C=O) groups excluding carboxylic acids is 1. The summed E-state index contributed by atoms with van der Waals surface area (Å²) in [5.41, 5.74) is 6.31. The van der Waals surface area contributed by atoms with Gasteiger partial charge < -0.3 is 11.1 Å². The van der Waals surface area contributed by atoms with E-state index in [2.05, 4.69) is 5.32 Å². The monoisotopic (exact) mass is 423 g/mol. The average Bonchev–Trinajstić information content (AvgIpc) is 2.59. The van der Waals surface area contributed by atoms with E-state index in [-0.39, 0.29) is 46.6 Å². The Morgan fingerprint density at radius 2 is 2.12 bits per heavy atom. The second-order valence-corrected chi connectivity index (χ2v) is 8.94. The maximum Gasteiger partial charge on any atom is 0.244 e. The molecule has 1 unspecified atom stereocenters. The van der Waals surface area contributed by atoms with E-state index in [4.69, 9.17) is 17.3 Å². The zero-order valence-corrected chi connectivity index (χ0v) is 17.5. The molecule has 1 aromatic carbocycles. The van der Waals surface area contributed by atoms with Crippen molar-refractivity contribution >= 4 is 39.9 Å². The lowest BCUT2D eigenvalue weighted by Crippen LogP contribution is -2.46. The second-order valence-electron chi connectivity index (χ2n) is 6.63. The number of amides is 1. The molecule has 9 heteroatoms. The zero-order chi connectivity index (χ0) is 18.6. The van der Waals surface area contributed by atoms with Gasteiger partial charge in [0.05, 0.1) is 10.9 Å². The first-order chi connectivity index (χ1) is 11.8. The molecule has 1 fully saturated rings. The third kappa shape index (κ3) is 5.33. The first-order valence-electron chi connectivity index (χ1n) is 8.54. The van der Waals surface area contributed by atoms with Crippen molar-refractivity contribution in [1.29, 1.82) is 0 Å². The smallest absolute Gasteiger partial charge is 0.244 e. The van der Waals surface area contributed by atoms with E-state index >= 15 is 0 Å². The number of hydrogen-bond acceptors (Lipinski definition) is 4. The third-order valence-corrected chi connectivity index (χ3v) is 6.78. The maximum absolute atomic E-state index is 13.1.